The van der Waals surface area contributed by atoms with Crippen LogP contribution >= 0.6 is 0 Å². The van der Waals surface area contributed by atoms with Gasteiger partial charge >= 0.3 is 5.97 Å². The minimum Gasteiger partial charge on any atom is -0.463 e. The molecule has 0 bridgehead atoms. The van der Waals surface area contributed by atoms with E-state index in [0.717, 1.165) is 0 Å². The van der Waals surface area contributed by atoms with Gasteiger partial charge in [0, 0.05) is 11.6 Å². The third-order valence-corrected chi connectivity index (χ3v) is 10.9. The number of hydrogen-bond acceptors (Lipinski definition) is 3. The number of rotatable bonds is 7. The van der Waals surface area contributed by atoms with Crippen molar-refractivity contribution in [1.82, 2.24) is 0 Å². The van der Waals surface area contributed by atoms with Gasteiger partial charge in [0.2, 0.25) is 0 Å². The third-order valence-electron chi connectivity index (χ3n) is 5.04. The summed E-state index contributed by atoms with van der Waals surface area (Å²) in [6, 6.07) is 21.0. The zero-order valence-electron chi connectivity index (χ0n) is 20.5. The predicted molar refractivity (Wildman–Crippen MR) is 139 cm³/mol. The van der Waals surface area contributed by atoms with Crippen LogP contribution in [0.3, 0.4) is 0 Å². The number of esters is 1. The summed E-state index contributed by atoms with van der Waals surface area (Å²) in [4.78, 5) is 12.2. The van der Waals surface area contributed by atoms with Gasteiger partial charge in [-0.2, -0.15) is 0 Å². The van der Waals surface area contributed by atoms with Crippen molar-refractivity contribution in [3.8, 4) is 11.5 Å². The van der Waals surface area contributed by atoms with Crippen LogP contribution < -0.4 is 10.4 Å². The Morgan fingerprint density at radius 3 is 1.84 bits per heavy atom. The standard InChI is InChI=1S/C27H36O3Si2/c1-8-29-26(28)21-23(19-20-31(5,6)7)22-30-32(27(2,3)4,24-15-11-9-12-16-24)25-17-13-10-14-18-25/h9-18,21H,8,22H2,1-7H3/b23-21+. The molecule has 0 spiro atoms. The first-order valence-electron chi connectivity index (χ1n) is 11.1. The molecule has 0 saturated heterocycles. The van der Waals surface area contributed by atoms with Crippen molar-refractivity contribution in [3.05, 3.63) is 72.3 Å². The molecule has 0 atom stereocenters. The van der Waals surface area contributed by atoms with Crippen molar-refractivity contribution < 1.29 is 14.0 Å². The minimum atomic E-state index is -2.71. The summed E-state index contributed by atoms with van der Waals surface area (Å²) in [5.41, 5.74) is 4.04. The van der Waals surface area contributed by atoms with E-state index in [1.165, 1.54) is 16.4 Å². The lowest BCUT2D eigenvalue weighted by atomic mass is 10.2. The largest absolute Gasteiger partial charge is 0.463 e. The molecule has 0 aliphatic heterocycles. The number of carbonyl (C=O) groups excluding carboxylic acids is 1. The number of hydrogen-bond donors (Lipinski definition) is 0. The molecule has 0 fully saturated rings. The van der Waals surface area contributed by atoms with E-state index in [2.05, 4.69) is 100 Å². The summed E-state index contributed by atoms with van der Waals surface area (Å²) in [6.45, 7) is 15.7. The molecule has 0 aliphatic rings. The maximum atomic E-state index is 12.2. The van der Waals surface area contributed by atoms with Gasteiger partial charge in [0.05, 0.1) is 13.2 Å². The second-order valence-corrected chi connectivity index (χ2v) is 18.9. The SMILES string of the molecule is CCOC(=O)/C=C(\C#C[Si](C)(C)C)CO[Si](c1ccccc1)(c1ccccc1)C(C)(C)C. The van der Waals surface area contributed by atoms with Gasteiger partial charge in [-0.3, -0.25) is 0 Å². The van der Waals surface area contributed by atoms with Gasteiger partial charge in [0.25, 0.3) is 8.32 Å². The van der Waals surface area contributed by atoms with Crippen molar-refractivity contribution >= 4 is 32.7 Å². The van der Waals surface area contributed by atoms with Crippen molar-refractivity contribution in [2.45, 2.75) is 52.4 Å². The van der Waals surface area contributed by atoms with Gasteiger partial charge in [-0.05, 0) is 22.3 Å². The summed E-state index contributed by atoms with van der Waals surface area (Å²) in [7, 11) is -4.33. The van der Waals surface area contributed by atoms with E-state index in [1.54, 1.807) is 6.92 Å². The lowest BCUT2D eigenvalue weighted by Crippen LogP contribution is -2.66. The molecule has 3 nitrogen and oxygen atoms in total. The van der Waals surface area contributed by atoms with Gasteiger partial charge in [-0.15, -0.1) is 5.54 Å². The topological polar surface area (TPSA) is 35.5 Å². The smallest absolute Gasteiger partial charge is 0.331 e. The molecule has 0 aliphatic carbocycles. The van der Waals surface area contributed by atoms with Crippen LogP contribution in [-0.4, -0.2) is 35.6 Å². The van der Waals surface area contributed by atoms with Crippen molar-refractivity contribution in [2.75, 3.05) is 13.2 Å². The fraction of sp³-hybridized carbons (Fsp3) is 0.370. The molecule has 170 valence electrons. The molecule has 2 aromatic rings. The second kappa shape index (κ2) is 11.0. The van der Waals surface area contributed by atoms with Crippen LogP contribution in [0.5, 0.6) is 0 Å². The fourth-order valence-corrected chi connectivity index (χ4v) is 8.72. The Hall–Kier alpha value is -2.40. The molecular formula is C27H36O3Si2. The van der Waals surface area contributed by atoms with Crippen LogP contribution in [0.2, 0.25) is 24.7 Å². The van der Waals surface area contributed by atoms with Crippen molar-refractivity contribution in [2.24, 2.45) is 0 Å². The molecule has 0 radical (unpaired) electrons. The van der Waals surface area contributed by atoms with Crippen LogP contribution in [0.4, 0.5) is 0 Å². The van der Waals surface area contributed by atoms with Crippen LogP contribution in [0.15, 0.2) is 72.3 Å². The van der Waals surface area contributed by atoms with E-state index in [1.807, 2.05) is 12.1 Å². The zero-order chi connectivity index (χ0) is 23.8. The van der Waals surface area contributed by atoms with E-state index in [9.17, 15) is 4.79 Å². The molecule has 0 aromatic heterocycles. The molecule has 0 amide bonds. The van der Waals surface area contributed by atoms with Crippen LogP contribution in [0.1, 0.15) is 27.7 Å². The highest BCUT2D eigenvalue weighted by Crippen LogP contribution is 2.37. The fourth-order valence-electron chi connectivity index (χ4n) is 3.66. The lowest BCUT2D eigenvalue weighted by molar-refractivity contribution is -0.137. The number of carbonyl (C=O) groups is 1. The molecule has 32 heavy (non-hydrogen) atoms. The summed E-state index contributed by atoms with van der Waals surface area (Å²) in [5, 5.41) is 2.26. The average Bonchev–Trinajstić information content (AvgIpc) is 2.72. The van der Waals surface area contributed by atoms with Gasteiger partial charge in [0.1, 0.15) is 8.07 Å². The first kappa shape index (κ1) is 25.9. The Morgan fingerprint density at radius 2 is 1.44 bits per heavy atom. The molecular weight excluding hydrogens is 428 g/mol. The molecule has 0 heterocycles. The molecule has 2 aromatic carbocycles. The Labute approximate surface area is 196 Å². The quantitative estimate of drug-likeness (QED) is 0.252. The summed E-state index contributed by atoms with van der Waals surface area (Å²) in [6.07, 6.45) is 1.49. The summed E-state index contributed by atoms with van der Waals surface area (Å²) >= 11 is 0. The molecule has 0 N–H and O–H groups in total. The van der Waals surface area contributed by atoms with E-state index in [4.69, 9.17) is 9.16 Å². The van der Waals surface area contributed by atoms with E-state index < -0.39 is 16.4 Å². The normalized spacial score (nSPS) is 12.7. The average molecular weight is 465 g/mol. The van der Waals surface area contributed by atoms with E-state index in [-0.39, 0.29) is 17.6 Å². The van der Waals surface area contributed by atoms with Crippen LogP contribution in [0.25, 0.3) is 0 Å². The van der Waals surface area contributed by atoms with Crippen LogP contribution in [0, 0.1) is 11.5 Å². The second-order valence-electron chi connectivity index (χ2n) is 9.87. The van der Waals surface area contributed by atoms with Gasteiger partial charge in [0.15, 0.2) is 0 Å². The molecule has 0 saturated carbocycles. The number of ether oxygens (including phenoxy) is 1. The highest BCUT2D eigenvalue weighted by atomic mass is 28.4. The molecule has 2 rings (SSSR count). The van der Waals surface area contributed by atoms with Crippen molar-refractivity contribution in [1.29, 1.82) is 0 Å². The summed E-state index contributed by atoms with van der Waals surface area (Å²) < 4.78 is 12.1. The minimum absolute atomic E-state index is 0.142. The van der Waals surface area contributed by atoms with E-state index in [0.29, 0.717) is 12.2 Å². The first-order chi connectivity index (χ1) is 15.0. The van der Waals surface area contributed by atoms with Gasteiger partial charge in [-0.25, -0.2) is 4.79 Å². The zero-order valence-corrected chi connectivity index (χ0v) is 22.5. The lowest BCUT2D eigenvalue weighted by Gasteiger charge is -2.43. The maximum absolute atomic E-state index is 12.2. The highest BCUT2D eigenvalue weighted by molar-refractivity contribution is 6.99. The monoisotopic (exact) mass is 464 g/mol. The highest BCUT2D eigenvalue weighted by Gasteiger charge is 2.50. The van der Waals surface area contributed by atoms with Gasteiger partial charge in [-0.1, -0.05) is 107 Å². The van der Waals surface area contributed by atoms with E-state index >= 15 is 0 Å². The predicted octanol–water partition coefficient (Wildman–Crippen LogP) is 4.93. The Kier molecular flexibility index (Phi) is 8.85. The first-order valence-corrected chi connectivity index (χ1v) is 16.6. The molecule has 0 unspecified atom stereocenters. The maximum Gasteiger partial charge on any atom is 0.331 e. The van der Waals surface area contributed by atoms with Crippen molar-refractivity contribution in [3.63, 3.8) is 0 Å². The molecule has 5 heteroatoms. The Morgan fingerprint density at radius 1 is 0.938 bits per heavy atom. The third kappa shape index (κ3) is 6.80. The Balaban J connectivity index is 2.59. The summed E-state index contributed by atoms with van der Waals surface area (Å²) in [5.74, 6) is 2.87. The van der Waals surface area contributed by atoms with Crippen LogP contribution in [-0.2, 0) is 14.0 Å². The number of benzene rings is 2. The Bertz CT molecular complexity index is 933. The van der Waals surface area contributed by atoms with Gasteiger partial charge < -0.3 is 9.16 Å².